The summed E-state index contributed by atoms with van der Waals surface area (Å²) in [5, 5.41) is 9.03. The third-order valence-electron chi connectivity index (χ3n) is 2.37. The topological polar surface area (TPSA) is 54.0 Å². The maximum absolute atomic E-state index is 11.4. The van der Waals surface area contributed by atoms with Gasteiger partial charge < -0.3 is 10.6 Å². The van der Waals surface area contributed by atoms with E-state index in [1.165, 1.54) is 0 Å². The van der Waals surface area contributed by atoms with Gasteiger partial charge in [0.15, 0.2) is 0 Å². The van der Waals surface area contributed by atoms with Gasteiger partial charge in [-0.05, 0) is 13.3 Å². The highest BCUT2D eigenvalue weighted by atomic mass is 32.1. The molecule has 4 nitrogen and oxygen atoms in total. The highest BCUT2D eigenvalue weighted by Crippen LogP contribution is 2.03. The smallest absolute Gasteiger partial charge is 0.233 e. The zero-order valence-corrected chi connectivity index (χ0v) is 10.6. The fourth-order valence-electron chi connectivity index (χ4n) is 1.16. The average molecular weight is 241 g/mol. The van der Waals surface area contributed by atoms with Gasteiger partial charge in [-0.3, -0.25) is 4.79 Å². The number of aromatic nitrogens is 1. The Bertz CT molecular complexity index is 300. The number of carbonyl (C=O) groups is 1. The van der Waals surface area contributed by atoms with Crippen molar-refractivity contribution >= 4 is 17.2 Å². The molecule has 0 aromatic carbocycles. The van der Waals surface area contributed by atoms with Crippen LogP contribution in [-0.2, 0) is 11.2 Å². The van der Waals surface area contributed by atoms with Crippen molar-refractivity contribution in [1.29, 1.82) is 0 Å². The Labute approximate surface area is 100 Å². The first kappa shape index (κ1) is 13.1. The third-order valence-corrected chi connectivity index (χ3v) is 3.21. The van der Waals surface area contributed by atoms with E-state index in [9.17, 15) is 4.79 Å². The number of hydrogen-bond acceptors (Lipinski definition) is 4. The molecule has 0 saturated heterocycles. The van der Waals surface area contributed by atoms with Gasteiger partial charge in [0.25, 0.3) is 0 Å². The molecule has 90 valence electrons. The Morgan fingerprint density at radius 2 is 2.44 bits per heavy atom. The van der Waals surface area contributed by atoms with Crippen LogP contribution in [-0.4, -0.2) is 30.0 Å². The Kier molecular flexibility index (Phi) is 6.03. The van der Waals surface area contributed by atoms with Crippen molar-refractivity contribution in [2.24, 2.45) is 0 Å². The highest BCUT2D eigenvalue weighted by molar-refractivity contribution is 7.09. The van der Waals surface area contributed by atoms with Crippen molar-refractivity contribution in [3.8, 4) is 0 Å². The molecule has 1 heterocycles. The second-order valence-corrected chi connectivity index (χ2v) is 4.70. The molecule has 0 bridgehead atoms. The third kappa shape index (κ3) is 5.23. The summed E-state index contributed by atoms with van der Waals surface area (Å²) in [6.07, 6.45) is 3.63. The van der Waals surface area contributed by atoms with E-state index in [0.717, 1.165) is 17.8 Å². The quantitative estimate of drug-likeness (QED) is 0.754. The van der Waals surface area contributed by atoms with Crippen LogP contribution in [0.15, 0.2) is 11.6 Å². The summed E-state index contributed by atoms with van der Waals surface area (Å²) in [6.45, 7) is 5.22. The molecule has 2 N–H and O–H groups in total. The van der Waals surface area contributed by atoms with Crippen LogP contribution in [0.1, 0.15) is 25.3 Å². The van der Waals surface area contributed by atoms with Crippen molar-refractivity contribution in [2.75, 3.05) is 13.1 Å². The van der Waals surface area contributed by atoms with Crippen LogP contribution in [0.3, 0.4) is 0 Å². The van der Waals surface area contributed by atoms with Gasteiger partial charge in [0.1, 0.15) is 0 Å². The molecule has 0 aliphatic carbocycles. The average Bonchev–Trinajstić information content (AvgIpc) is 2.79. The summed E-state index contributed by atoms with van der Waals surface area (Å²) in [5.74, 6) is 0.0526. The van der Waals surface area contributed by atoms with Crippen LogP contribution in [0.4, 0.5) is 0 Å². The Morgan fingerprint density at radius 1 is 1.62 bits per heavy atom. The molecule has 1 rings (SSSR count). The molecule has 0 radical (unpaired) electrons. The molecule has 1 unspecified atom stereocenters. The molecule has 1 amide bonds. The minimum absolute atomic E-state index is 0.0526. The zero-order chi connectivity index (χ0) is 11.8. The molecule has 1 aromatic rings. The van der Waals surface area contributed by atoms with Crippen LogP contribution >= 0.6 is 11.3 Å². The van der Waals surface area contributed by atoms with Crippen molar-refractivity contribution in [3.63, 3.8) is 0 Å². The van der Waals surface area contributed by atoms with E-state index < -0.39 is 0 Å². The first-order chi connectivity index (χ1) is 7.72. The first-order valence-corrected chi connectivity index (χ1v) is 6.48. The summed E-state index contributed by atoms with van der Waals surface area (Å²) < 4.78 is 0. The summed E-state index contributed by atoms with van der Waals surface area (Å²) >= 11 is 1.62. The van der Waals surface area contributed by atoms with Crippen molar-refractivity contribution in [3.05, 3.63) is 16.6 Å². The van der Waals surface area contributed by atoms with Crippen molar-refractivity contribution < 1.29 is 4.79 Å². The minimum Gasteiger partial charge on any atom is -0.355 e. The van der Waals surface area contributed by atoms with Crippen LogP contribution in [0.25, 0.3) is 0 Å². The molecule has 0 spiro atoms. The molecule has 1 aromatic heterocycles. The van der Waals surface area contributed by atoms with E-state index in [-0.39, 0.29) is 5.91 Å². The number of hydrogen-bond donors (Lipinski definition) is 2. The van der Waals surface area contributed by atoms with Crippen molar-refractivity contribution in [1.82, 2.24) is 15.6 Å². The molecule has 0 aliphatic heterocycles. The molecular weight excluding hydrogens is 222 g/mol. The summed E-state index contributed by atoms with van der Waals surface area (Å²) in [5.41, 5.74) is 0. The second-order valence-electron chi connectivity index (χ2n) is 3.72. The van der Waals surface area contributed by atoms with E-state index in [1.54, 1.807) is 17.5 Å². The molecular formula is C11H19N3OS. The molecule has 0 aliphatic rings. The Hall–Kier alpha value is -0.940. The maximum Gasteiger partial charge on any atom is 0.233 e. The largest absolute Gasteiger partial charge is 0.355 e. The number of rotatable bonds is 7. The number of carbonyl (C=O) groups excluding carboxylic acids is 1. The predicted octanol–water partition coefficient (Wildman–Crippen LogP) is 1.19. The minimum atomic E-state index is 0.0526. The van der Waals surface area contributed by atoms with E-state index in [2.05, 4.69) is 29.5 Å². The molecule has 5 heteroatoms. The lowest BCUT2D eigenvalue weighted by atomic mass is 10.2. The Morgan fingerprint density at radius 3 is 3.06 bits per heavy atom. The lowest BCUT2D eigenvalue weighted by molar-refractivity contribution is -0.120. The number of nitrogens with one attached hydrogen (secondary N) is 2. The SMILES string of the molecule is CCC(C)NCC(=O)NCCc1nccs1. The Balaban J connectivity index is 2.06. The predicted molar refractivity (Wildman–Crippen MR) is 66.6 cm³/mol. The van der Waals surface area contributed by atoms with Gasteiger partial charge in [0, 0.05) is 30.6 Å². The first-order valence-electron chi connectivity index (χ1n) is 5.60. The van der Waals surface area contributed by atoms with E-state index in [4.69, 9.17) is 0 Å². The van der Waals surface area contributed by atoms with Crippen LogP contribution in [0.5, 0.6) is 0 Å². The highest BCUT2D eigenvalue weighted by Gasteiger charge is 2.03. The lowest BCUT2D eigenvalue weighted by Gasteiger charge is -2.10. The summed E-state index contributed by atoms with van der Waals surface area (Å²) in [4.78, 5) is 15.6. The van der Waals surface area contributed by atoms with Gasteiger partial charge in [-0.25, -0.2) is 4.98 Å². The van der Waals surface area contributed by atoms with Crippen LogP contribution in [0, 0.1) is 0 Å². The maximum atomic E-state index is 11.4. The number of thiazole rings is 1. The van der Waals surface area contributed by atoms with Gasteiger partial charge in [-0.2, -0.15) is 0 Å². The van der Waals surface area contributed by atoms with Crippen LogP contribution in [0.2, 0.25) is 0 Å². The monoisotopic (exact) mass is 241 g/mol. The zero-order valence-electron chi connectivity index (χ0n) is 9.82. The number of nitrogens with zero attached hydrogens (tertiary/aromatic N) is 1. The standard InChI is InChI=1S/C11H19N3OS/c1-3-9(2)14-8-10(15)12-5-4-11-13-6-7-16-11/h6-7,9,14H,3-5,8H2,1-2H3,(H,12,15). The van der Waals surface area contributed by atoms with Gasteiger partial charge in [0.05, 0.1) is 11.6 Å². The normalized spacial score (nSPS) is 12.4. The van der Waals surface area contributed by atoms with E-state index in [0.29, 0.717) is 19.1 Å². The second kappa shape index (κ2) is 7.35. The molecule has 1 atom stereocenters. The van der Waals surface area contributed by atoms with Gasteiger partial charge in [-0.15, -0.1) is 11.3 Å². The molecule has 0 fully saturated rings. The molecule has 16 heavy (non-hydrogen) atoms. The molecule has 0 saturated carbocycles. The van der Waals surface area contributed by atoms with Crippen molar-refractivity contribution in [2.45, 2.75) is 32.7 Å². The van der Waals surface area contributed by atoms with E-state index in [1.807, 2.05) is 5.38 Å². The fraction of sp³-hybridized carbons (Fsp3) is 0.636. The van der Waals surface area contributed by atoms with Crippen LogP contribution < -0.4 is 10.6 Å². The van der Waals surface area contributed by atoms with Gasteiger partial charge >= 0.3 is 0 Å². The van der Waals surface area contributed by atoms with Gasteiger partial charge in [0.2, 0.25) is 5.91 Å². The lowest BCUT2D eigenvalue weighted by Crippen LogP contribution is -2.38. The van der Waals surface area contributed by atoms with E-state index >= 15 is 0 Å². The fourth-order valence-corrected chi connectivity index (χ4v) is 1.78. The summed E-state index contributed by atoms with van der Waals surface area (Å²) in [7, 11) is 0. The summed E-state index contributed by atoms with van der Waals surface area (Å²) in [6, 6.07) is 0.393. The number of amides is 1. The van der Waals surface area contributed by atoms with Gasteiger partial charge in [-0.1, -0.05) is 6.92 Å².